The van der Waals surface area contributed by atoms with Gasteiger partial charge in [0.1, 0.15) is 5.82 Å². The van der Waals surface area contributed by atoms with Gasteiger partial charge in [-0.3, -0.25) is 0 Å². The van der Waals surface area contributed by atoms with Gasteiger partial charge >= 0.3 is 0 Å². The van der Waals surface area contributed by atoms with E-state index in [4.69, 9.17) is 22.4 Å². The van der Waals surface area contributed by atoms with E-state index in [0.29, 0.717) is 17.6 Å². The van der Waals surface area contributed by atoms with E-state index in [2.05, 4.69) is 9.88 Å². The van der Waals surface area contributed by atoms with Gasteiger partial charge in [-0.1, -0.05) is 11.6 Å². The van der Waals surface area contributed by atoms with Crippen LogP contribution in [0.25, 0.3) is 0 Å². The molecule has 0 atom stereocenters. The number of aromatic nitrogens is 1. The Bertz CT molecular complexity index is 396. The van der Waals surface area contributed by atoms with Crippen molar-refractivity contribution in [1.29, 1.82) is 0 Å². The zero-order valence-corrected chi connectivity index (χ0v) is 11.2. The summed E-state index contributed by atoms with van der Waals surface area (Å²) in [5.74, 6) is 0.817. The Morgan fingerprint density at radius 1 is 1.50 bits per heavy atom. The first kappa shape index (κ1) is 13.6. The summed E-state index contributed by atoms with van der Waals surface area (Å²) >= 11 is 6.36. The molecular weight excluding hydrogens is 250 g/mol. The van der Waals surface area contributed by atoms with E-state index < -0.39 is 0 Å². The van der Waals surface area contributed by atoms with Crippen LogP contribution >= 0.6 is 11.6 Å². The molecule has 0 aromatic carbocycles. The summed E-state index contributed by atoms with van der Waals surface area (Å²) in [4.78, 5) is 6.62. The number of aliphatic hydroxyl groups excluding tert-OH is 1. The maximum absolute atomic E-state index is 9.00. The average Bonchev–Trinajstić information content (AvgIpc) is 2.32. The second-order valence-corrected chi connectivity index (χ2v) is 5.05. The van der Waals surface area contributed by atoms with E-state index >= 15 is 0 Å². The lowest BCUT2D eigenvalue weighted by Gasteiger charge is -2.39. The summed E-state index contributed by atoms with van der Waals surface area (Å²) in [5, 5.41) is 9.66. The topological polar surface area (TPSA) is 62.4 Å². The van der Waals surface area contributed by atoms with Gasteiger partial charge in [0.2, 0.25) is 0 Å². The summed E-state index contributed by atoms with van der Waals surface area (Å²) < 4.78 is 0. The number of hydrogen-bond acceptors (Lipinski definition) is 4. The van der Waals surface area contributed by atoms with Gasteiger partial charge in [0.05, 0.1) is 5.02 Å². The molecule has 100 valence electrons. The lowest BCUT2D eigenvalue weighted by molar-refractivity contribution is 0.282. The fraction of sp³-hybridized carbons (Fsp3) is 0.615. The highest BCUT2D eigenvalue weighted by molar-refractivity contribution is 6.33. The molecule has 0 spiro atoms. The van der Waals surface area contributed by atoms with E-state index in [-0.39, 0.29) is 6.61 Å². The van der Waals surface area contributed by atoms with Gasteiger partial charge in [-0.2, -0.15) is 0 Å². The molecule has 0 radical (unpaired) electrons. The fourth-order valence-electron chi connectivity index (χ4n) is 2.23. The Kier molecular flexibility index (Phi) is 4.80. The van der Waals surface area contributed by atoms with E-state index in [1.54, 1.807) is 6.20 Å². The SMILES string of the molecule is NCc1ccnc(N(CCCO)C2CCC2)c1Cl. The molecule has 2 rings (SSSR count). The molecule has 1 aliphatic rings. The summed E-state index contributed by atoms with van der Waals surface area (Å²) in [5.41, 5.74) is 6.60. The highest BCUT2D eigenvalue weighted by Gasteiger charge is 2.27. The molecule has 0 bridgehead atoms. The maximum atomic E-state index is 9.00. The van der Waals surface area contributed by atoms with Crippen molar-refractivity contribution in [3.05, 3.63) is 22.8 Å². The zero-order valence-electron chi connectivity index (χ0n) is 10.5. The number of anilines is 1. The zero-order chi connectivity index (χ0) is 13.0. The molecule has 18 heavy (non-hydrogen) atoms. The number of nitrogens with zero attached hydrogens (tertiary/aromatic N) is 2. The lowest BCUT2D eigenvalue weighted by Crippen LogP contribution is -2.42. The first-order valence-corrected chi connectivity index (χ1v) is 6.86. The Morgan fingerprint density at radius 3 is 2.83 bits per heavy atom. The predicted molar refractivity (Wildman–Crippen MR) is 73.8 cm³/mol. The van der Waals surface area contributed by atoms with Crippen molar-refractivity contribution in [1.82, 2.24) is 4.98 Å². The lowest BCUT2D eigenvalue weighted by atomic mass is 9.91. The van der Waals surface area contributed by atoms with Gasteiger partial charge in [0.15, 0.2) is 0 Å². The second kappa shape index (κ2) is 6.36. The summed E-state index contributed by atoms with van der Waals surface area (Å²) in [6.45, 7) is 1.41. The second-order valence-electron chi connectivity index (χ2n) is 4.67. The van der Waals surface area contributed by atoms with Gasteiger partial charge in [-0.25, -0.2) is 4.98 Å². The molecule has 3 N–H and O–H groups in total. The van der Waals surface area contributed by atoms with E-state index in [1.165, 1.54) is 19.3 Å². The van der Waals surface area contributed by atoms with Crippen molar-refractivity contribution >= 4 is 17.4 Å². The molecule has 1 aromatic heterocycles. The van der Waals surface area contributed by atoms with Crippen LogP contribution in [-0.4, -0.2) is 29.3 Å². The number of pyridine rings is 1. The normalized spacial score (nSPS) is 15.5. The van der Waals surface area contributed by atoms with Crippen LogP contribution < -0.4 is 10.6 Å². The third-order valence-electron chi connectivity index (χ3n) is 3.52. The van der Waals surface area contributed by atoms with Gasteiger partial charge < -0.3 is 15.7 Å². The van der Waals surface area contributed by atoms with E-state index in [9.17, 15) is 0 Å². The standard InChI is InChI=1S/C13H20ClN3O/c14-12-10(9-15)5-6-16-13(12)17(7-2-8-18)11-3-1-4-11/h5-6,11,18H,1-4,7-9,15H2. The van der Waals surface area contributed by atoms with Crippen LogP contribution in [0.5, 0.6) is 0 Å². The summed E-state index contributed by atoms with van der Waals surface area (Å²) in [7, 11) is 0. The minimum Gasteiger partial charge on any atom is -0.396 e. The van der Waals surface area contributed by atoms with Crippen LogP contribution in [0.2, 0.25) is 5.02 Å². The van der Waals surface area contributed by atoms with Crippen LogP contribution in [0.15, 0.2) is 12.3 Å². The number of aliphatic hydroxyl groups is 1. The number of rotatable bonds is 6. The molecule has 1 fully saturated rings. The summed E-state index contributed by atoms with van der Waals surface area (Å²) in [6, 6.07) is 2.37. The largest absolute Gasteiger partial charge is 0.396 e. The first-order valence-electron chi connectivity index (χ1n) is 6.49. The van der Waals surface area contributed by atoms with E-state index in [0.717, 1.165) is 24.3 Å². The van der Waals surface area contributed by atoms with Crippen molar-refractivity contribution in [2.24, 2.45) is 5.73 Å². The monoisotopic (exact) mass is 269 g/mol. The minimum absolute atomic E-state index is 0.192. The maximum Gasteiger partial charge on any atom is 0.147 e. The Morgan fingerprint density at radius 2 is 2.28 bits per heavy atom. The van der Waals surface area contributed by atoms with Crippen molar-refractivity contribution in [3.8, 4) is 0 Å². The first-order chi connectivity index (χ1) is 8.77. The summed E-state index contributed by atoms with van der Waals surface area (Å²) in [6.07, 6.45) is 6.11. The van der Waals surface area contributed by atoms with Crippen molar-refractivity contribution in [3.63, 3.8) is 0 Å². The molecule has 1 saturated carbocycles. The molecule has 0 amide bonds. The number of nitrogens with two attached hydrogens (primary N) is 1. The van der Waals surface area contributed by atoms with Gasteiger partial charge in [-0.05, 0) is 37.3 Å². The van der Waals surface area contributed by atoms with Crippen LogP contribution in [0.4, 0.5) is 5.82 Å². The van der Waals surface area contributed by atoms with Crippen molar-refractivity contribution in [2.75, 3.05) is 18.1 Å². The molecule has 1 aromatic rings. The molecule has 1 aliphatic carbocycles. The van der Waals surface area contributed by atoms with E-state index in [1.807, 2.05) is 6.07 Å². The van der Waals surface area contributed by atoms with Gasteiger partial charge in [-0.15, -0.1) is 0 Å². The molecule has 0 unspecified atom stereocenters. The minimum atomic E-state index is 0.192. The van der Waals surface area contributed by atoms with Crippen molar-refractivity contribution in [2.45, 2.75) is 38.3 Å². The quantitative estimate of drug-likeness (QED) is 0.828. The Hall–Kier alpha value is -0.840. The fourth-order valence-corrected chi connectivity index (χ4v) is 2.53. The van der Waals surface area contributed by atoms with Gasteiger partial charge in [0, 0.05) is 31.9 Å². The van der Waals surface area contributed by atoms with Crippen LogP contribution in [-0.2, 0) is 6.54 Å². The third-order valence-corrected chi connectivity index (χ3v) is 3.93. The number of halogens is 1. The van der Waals surface area contributed by atoms with Crippen LogP contribution in [0.3, 0.4) is 0 Å². The molecule has 5 heteroatoms. The Labute approximate surface area is 113 Å². The highest BCUT2D eigenvalue weighted by atomic mass is 35.5. The predicted octanol–water partition coefficient (Wildman–Crippen LogP) is 1.94. The van der Waals surface area contributed by atoms with Gasteiger partial charge in [0.25, 0.3) is 0 Å². The molecule has 0 saturated heterocycles. The smallest absolute Gasteiger partial charge is 0.147 e. The third kappa shape index (κ3) is 2.76. The average molecular weight is 270 g/mol. The van der Waals surface area contributed by atoms with Crippen LogP contribution in [0, 0.1) is 0 Å². The Balaban J connectivity index is 2.23. The van der Waals surface area contributed by atoms with Crippen molar-refractivity contribution < 1.29 is 5.11 Å². The molecule has 0 aliphatic heterocycles. The molecule has 1 heterocycles. The molecule has 4 nitrogen and oxygen atoms in total. The molecular formula is C13H20ClN3O. The highest BCUT2D eigenvalue weighted by Crippen LogP contribution is 2.33. The number of hydrogen-bond donors (Lipinski definition) is 2. The van der Waals surface area contributed by atoms with Crippen LogP contribution in [0.1, 0.15) is 31.2 Å².